The molecular weight excluding hydrogens is 288 g/mol. The number of rotatable bonds is 13. The van der Waals surface area contributed by atoms with Gasteiger partial charge in [-0.25, -0.2) is 4.79 Å². The Morgan fingerprint density at radius 1 is 0.870 bits per heavy atom. The van der Waals surface area contributed by atoms with Gasteiger partial charge in [-0.3, -0.25) is 0 Å². The van der Waals surface area contributed by atoms with Crippen LogP contribution in [0.25, 0.3) is 0 Å². The lowest BCUT2D eigenvalue weighted by Gasteiger charge is -2.06. The zero-order chi connectivity index (χ0) is 17.2. The Labute approximate surface area is 140 Å². The fourth-order valence-electron chi connectivity index (χ4n) is 1.90. The zero-order valence-electron chi connectivity index (χ0n) is 14.1. The van der Waals surface area contributed by atoms with E-state index in [1.165, 1.54) is 25.3 Å². The number of aliphatic hydroxyl groups excluding tert-OH is 1. The van der Waals surface area contributed by atoms with Gasteiger partial charge >= 0.3 is 5.97 Å². The average molecular weight is 318 g/mol. The zero-order valence-corrected chi connectivity index (χ0v) is 14.1. The summed E-state index contributed by atoms with van der Waals surface area (Å²) in [6.45, 7) is 2.02. The van der Waals surface area contributed by atoms with Crippen molar-refractivity contribution in [1.29, 1.82) is 0 Å². The Hall–Kier alpha value is -1.87. The minimum absolute atomic E-state index is 0.115. The van der Waals surface area contributed by atoms with Crippen molar-refractivity contribution in [2.24, 2.45) is 0 Å². The molecule has 0 aliphatic carbocycles. The van der Waals surface area contributed by atoms with Gasteiger partial charge in [0.1, 0.15) is 0 Å². The van der Waals surface area contributed by atoms with Gasteiger partial charge in [0.25, 0.3) is 0 Å². The summed E-state index contributed by atoms with van der Waals surface area (Å²) < 4.78 is 0. The van der Waals surface area contributed by atoms with Crippen molar-refractivity contribution >= 4 is 5.97 Å². The third-order valence-electron chi connectivity index (χ3n) is 3.28. The fraction of sp³-hybridized carbons (Fsp3) is 0.450. The van der Waals surface area contributed by atoms with E-state index in [0.717, 1.165) is 31.8 Å². The third-order valence-corrected chi connectivity index (χ3v) is 3.28. The molecule has 0 aromatic carbocycles. The largest absolute Gasteiger partial charge is 0.478 e. The van der Waals surface area contributed by atoms with Crippen molar-refractivity contribution in [2.45, 2.75) is 58.0 Å². The molecule has 2 N–H and O–H groups in total. The van der Waals surface area contributed by atoms with Gasteiger partial charge in [0.15, 0.2) is 0 Å². The molecule has 0 aliphatic heterocycles. The number of hydrogen-bond donors (Lipinski definition) is 2. The van der Waals surface area contributed by atoms with E-state index in [0.29, 0.717) is 0 Å². The second kappa shape index (κ2) is 16.5. The van der Waals surface area contributed by atoms with E-state index in [1.54, 1.807) is 12.2 Å². The van der Waals surface area contributed by atoms with Crippen LogP contribution in [-0.4, -0.2) is 22.3 Å². The van der Waals surface area contributed by atoms with Gasteiger partial charge in [0.2, 0.25) is 0 Å². The number of allylic oxidation sites excluding steroid dienone is 9. The standard InChI is InChI=1S/C20H30O3/c1-2-19(21)17-15-13-11-9-7-5-3-4-6-8-10-12-14-16-18-20(22)23/h3-6,8,10,12,14,16,18-19,21H,2,7,9,11,13,15,17H2,1H3,(H,22,23)/t19-/m1/s1. The maximum Gasteiger partial charge on any atom is 0.328 e. The smallest absolute Gasteiger partial charge is 0.328 e. The lowest BCUT2D eigenvalue weighted by molar-refractivity contribution is -0.131. The highest BCUT2D eigenvalue weighted by atomic mass is 16.4. The molecule has 0 rings (SSSR count). The molecule has 0 aliphatic rings. The molecule has 0 heterocycles. The molecule has 0 amide bonds. The third kappa shape index (κ3) is 18.1. The first-order chi connectivity index (χ1) is 11.2. The number of carboxylic acids is 1. The molecule has 0 saturated heterocycles. The number of hydrogen-bond acceptors (Lipinski definition) is 2. The van der Waals surface area contributed by atoms with Crippen molar-refractivity contribution in [2.75, 3.05) is 0 Å². The molecule has 3 nitrogen and oxygen atoms in total. The predicted octanol–water partition coefficient (Wildman–Crippen LogP) is 4.96. The monoisotopic (exact) mass is 318 g/mol. The van der Waals surface area contributed by atoms with Crippen LogP contribution < -0.4 is 0 Å². The number of unbranched alkanes of at least 4 members (excludes halogenated alkanes) is 4. The molecule has 0 aromatic rings. The molecule has 0 spiro atoms. The summed E-state index contributed by atoms with van der Waals surface area (Å²) in [6, 6.07) is 0. The maximum absolute atomic E-state index is 10.2. The first-order valence-corrected chi connectivity index (χ1v) is 8.41. The Balaban J connectivity index is 3.54. The molecular formula is C20H30O3. The van der Waals surface area contributed by atoms with Crippen molar-refractivity contribution in [3.8, 4) is 0 Å². The molecule has 3 heteroatoms. The summed E-state index contributed by atoms with van der Waals surface area (Å²) in [5.74, 6) is -0.942. The normalized spacial score (nSPS) is 14.2. The van der Waals surface area contributed by atoms with E-state index in [-0.39, 0.29) is 6.10 Å². The summed E-state index contributed by atoms with van der Waals surface area (Å²) in [4.78, 5) is 10.2. The Kier molecular flexibility index (Phi) is 15.2. The number of aliphatic carboxylic acids is 1. The van der Waals surface area contributed by atoms with E-state index >= 15 is 0 Å². The molecule has 0 aromatic heterocycles. The molecule has 0 radical (unpaired) electrons. The molecule has 0 fully saturated rings. The highest BCUT2D eigenvalue weighted by Gasteiger charge is 1.98. The molecule has 0 saturated carbocycles. The maximum atomic E-state index is 10.2. The predicted molar refractivity (Wildman–Crippen MR) is 97.3 cm³/mol. The van der Waals surface area contributed by atoms with Gasteiger partial charge in [-0.1, -0.05) is 80.9 Å². The Bertz CT molecular complexity index is 428. The van der Waals surface area contributed by atoms with Gasteiger partial charge in [0, 0.05) is 6.08 Å². The van der Waals surface area contributed by atoms with Gasteiger partial charge in [-0.15, -0.1) is 0 Å². The second-order valence-electron chi connectivity index (χ2n) is 5.33. The van der Waals surface area contributed by atoms with Crippen LogP contribution in [-0.2, 0) is 4.79 Å². The quantitative estimate of drug-likeness (QED) is 0.286. The SMILES string of the molecule is CC[C@@H](O)CCCCCCC=CC=CC=CC=CC=CC(=O)O. The minimum Gasteiger partial charge on any atom is -0.478 e. The van der Waals surface area contributed by atoms with E-state index in [1.807, 2.05) is 37.3 Å². The first-order valence-electron chi connectivity index (χ1n) is 8.41. The second-order valence-corrected chi connectivity index (χ2v) is 5.33. The topological polar surface area (TPSA) is 57.5 Å². The molecule has 0 unspecified atom stereocenters. The average Bonchev–Trinajstić information content (AvgIpc) is 2.53. The molecule has 23 heavy (non-hydrogen) atoms. The van der Waals surface area contributed by atoms with E-state index in [9.17, 15) is 9.90 Å². The van der Waals surface area contributed by atoms with Crippen molar-refractivity contribution in [3.63, 3.8) is 0 Å². The summed E-state index contributed by atoms with van der Waals surface area (Å²) in [7, 11) is 0. The summed E-state index contributed by atoms with van der Waals surface area (Å²) in [6.07, 6.45) is 25.4. The van der Waals surface area contributed by atoms with E-state index in [4.69, 9.17) is 5.11 Å². The minimum atomic E-state index is -0.942. The summed E-state index contributed by atoms with van der Waals surface area (Å²) in [5, 5.41) is 17.8. The van der Waals surface area contributed by atoms with Crippen molar-refractivity contribution in [3.05, 3.63) is 60.8 Å². The van der Waals surface area contributed by atoms with E-state index < -0.39 is 5.97 Å². The lowest BCUT2D eigenvalue weighted by Crippen LogP contribution is -2.03. The van der Waals surface area contributed by atoms with Crippen molar-refractivity contribution in [1.82, 2.24) is 0 Å². The number of aliphatic hydroxyl groups is 1. The summed E-state index contributed by atoms with van der Waals surface area (Å²) >= 11 is 0. The highest BCUT2D eigenvalue weighted by Crippen LogP contribution is 2.09. The Morgan fingerprint density at radius 3 is 2.04 bits per heavy atom. The van der Waals surface area contributed by atoms with Crippen LogP contribution in [0.4, 0.5) is 0 Å². The van der Waals surface area contributed by atoms with Crippen LogP contribution in [0, 0.1) is 0 Å². The Morgan fingerprint density at radius 2 is 1.43 bits per heavy atom. The van der Waals surface area contributed by atoms with Crippen LogP contribution >= 0.6 is 0 Å². The van der Waals surface area contributed by atoms with Crippen LogP contribution in [0.15, 0.2) is 60.8 Å². The summed E-state index contributed by atoms with van der Waals surface area (Å²) in [5.41, 5.74) is 0. The van der Waals surface area contributed by atoms with Gasteiger partial charge in [-0.05, 0) is 25.7 Å². The lowest BCUT2D eigenvalue weighted by atomic mass is 10.1. The fourth-order valence-corrected chi connectivity index (χ4v) is 1.90. The number of carbonyl (C=O) groups is 1. The van der Waals surface area contributed by atoms with E-state index in [2.05, 4.69) is 6.08 Å². The van der Waals surface area contributed by atoms with Gasteiger partial charge < -0.3 is 10.2 Å². The van der Waals surface area contributed by atoms with Gasteiger partial charge in [-0.2, -0.15) is 0 Å². The van der Waals surface area contributed by atoms with Gasteiger partial charge in [0.05, 0.1) is 6.10 Å². The van der Waals surface area contributed by atoms with Crippen LogP contribution in [0.1, 0.15) is 51.9 Å². The highest BCUT2D eigenvalue weighted by molar-refractivity contribution is 5.80. The molecule has 1 atom stereocenters. The number of carboxylic acid groups (broad SMARTS) is 1. The first kappa shape index (κ1) is 21.1. The van der Waals surface area contributed by atoms with Crippen molar-refractivity contribution < 1.29 is 15.0 Å². The van der Waals surface area contributed by atoms with Crippen LogP contribution in [0.3, 0.4) is 0 Å². The molecule has 128 valence electrons. The molecule has 0 bridgehead atoms. The van der Waals surface area contributed by atoms with Crippen LogP contribution in [0.5, 0.6) is 0 Å². The van der Waals surface area contributed by atoms with Crippen LogP contribution in [0.2, 0.25) is 0 Å².